The Bertz CT molecular complexity index is 815. The lowest BCUT2D eigenvalue weighted by Crippen LogP contribution is -1.94. The Hall–Kier alpha value is -3.55. The molecule has 8 heteroatoms. The summed E-state index contributed by atoms with van der Waals surface area (Å²) < 4.78 is 4.71. The minimum Gasteiger partial charge on any atom is -0.504 e. The third kappa shape index (κ3) is 2.98. The second-order valence-electron chi connectivity index (χ2n) is 4.78. The van der Waals surface area contributed by atoms with Crippen LogP contribution >= 0.6 is 0 Å². The first-order valence-corrected chi connectivity index (χ1v) is 6.55. The number of rotatable bonds is 4. The quantitative estimate of drug-likeness (QED) is 0.215. The van der Waals surface area contributed by atoms with Crippen LogP contribution in [0, 0.1) is 0 Å². The average molecular weight is 334 g/mol. The lowest BCUT2D eigenvalue weighted by molar-refractivity contribution is 0.104. The minimum absolute atomic E-state index is 0.0635. The van der Waals surface area contributed by atoms with Crippen molar-refractivity contribution in [2.24, 2.45) is 0 Å². The molecular formula is C16H14O8. The SMILES string of the molecule is COc1c(O)cc(/C=C/C(=O)c2cc(O)c(O)c(O)c2)c(O)c1O. The summed E-state index contributed by atoms with van der Waals surface area (Å²) in [4.78, 5) is 12.0. The molecule has 0 unspecified atom stereocenters. The number of carbonyl (C=O) groups is 1. The van der Waals surface area contributed by atoms with E-state index >= 15 is 0 Å². The van der Waals surface area contributed by atoms with Gasteiger partial charge in [-0.3, -0.25) is 4.79 Å². The number of carbonyl (C=O) groups excluding carboxylic acids is 1. The molecular weight excluding hydrogens is 320 g/mol. The van der Waals surface area contributed by atoms with Crippen LogP contribution < -0.4 is 4.74 Å². The van der Waals surface area contributed by atoms with Crippen LogP contribution in [0.15, 0.2) is 24.3 Å². The predicted octanol–water partition coefficient (Wildman–Crippen LogP) is 1.82. The molecule has 0 aliphatic rings. The smallest absolute Gasteiger partial charge is 0.206 e. The van der Waals surface area contributed by atoms with E-state index < -0.39 is 40.3 Å². The van der Waals surface area contributed by atoms with E-state index in [1.54, 1.807) is 0 Å². The maximum Gasteiger partial charge on any atom is 0.206 e. The second-order valence-corrected chi connectivity index (χ2v) is 4.78. The Labute approximate surface area is 135 Å². The van der Waals surface area contributed by atoms with Crippen LogP contribution in [0.5, 0.6) is 40.2 Å². The summed E-state index contributed by atoms with van der Waals surface area (Å²) in [6.45, 7) is 0. The number of ketones is 1. The van der Waals surface area contributed by atoms with E-state index in [4.69, 9.17) is 4.74 Å². The zero-order valence-electron chi connectivity index (χ0n) is 12.4. The normalized spacial score (nSPS) is 10.9. The van der Waals surface area contributed by atoms with Crippen molar-refractivity contribution < 1.29 is 40.2 Å². The first-order valence-electron chi connectivity index (χ1n) is 6.55. The van der Waals surface area contributed by atoms with Crippen LogP contribution in [-0.2, 0) is 0 Å². The van der Waals surface area contributed by atoms with E-state index in [2.05, 4.69) is 0 Å². The number of phenolic OH excluding ortho intramolecular Hbond substituents is 6. The van der Waals surface area contributed by atoms with Crippen LogP contribution in [0.3, 0.4) is 0 Å². The molecule has 0 saturated heterocycles. The van der Waals surface area contributed by atoms with E-state index in [1.807, 2.05) is 0 Å². The number of hydrogen-bond donors (Lipinski definition) is 6. The van der Waals surface area contributed by atoms with Crippen LogP contribution in [0.25, 0.3) is 6.08 Å². The molecule has 0 aromatic heterocycles. The summed E-state index contributed by atoms with van der Waals surface area (Å²) in [6.07, 6.45) is 2.09. The number of phenols is 6. The highest BCUT2D eigenvalue weighted by molar-refractivity contribution is 6.07. The Morgan fingerprint density at radius 1 is 0.875 bits per heavy atom. The molecule has 0 saturated carbocycles. The topological polar surface area (TPSA) is 148 Å². The van der Waals surface area contributed by atoms with Crippen LogP contribution in [-0.4, -0.2) is 43.5 Å². The Balaban J connectivity index is 2.36. The average Bonchev–Trinajstić information content (AvgIpc) is 2.54. The van der Waals surface area contributed by atoms with Gasteiger partial charge < -0.3 is 35.4 Å². The van der Waals surface area contributed by atoms with Crippen molar-refractivity contribution >= 4 is 11.9 Å². The fourth-order valence-electron chi connectivity index (χ4n) is 1.98. The standard InChI is InChI=1S/C16H14O8/c1-24-16-12(20)4-7(13(21)15(16)23)2-3-9(17)8-5-10(18)14(22)11(19)6-8/h2-6,18-23H,1H3/b3-2+. The van der Waals surface area contributed by atoms with Crippen molar-refractivity contribution in [1.82, 2.24) is 0 Å². The Morgan fingerprint density at radius 2 is 1.46 bits per heavy atom. The van der Waals surface area contributed by atoms with Gasteiger partial charge in [0.1, 0.15) is 0 Å². The highest BCUT2D eigenvalue weighted by Gasteiger charge is 2.17. The molecule has 0 aliphatic carbocycles. The molecule has 8 nitrogen and oxygen atoms in total. The lowest BCUT2D eigenvalue weighted by atomic mass is 10.1. The maximum atomic E-state index is 12.0. The van der Waals surface area contributed by atoms with Gasteiger partial charge in [0.25, 0.3) is 0 Å². The summed E-state index contributed by atoms with van der Waals surface area (Å²) in [7, 11) is 1.19. The fraction of sp³-hybridized carbons (Fsp3) is 0.0625. The van der Waals surface area contributed by atoms with Crippen LogP contribution in [0.4, 0.5) is 0 Å². The highest BCUT2D eigenvalue weighted by Crippen LogP contribution is 2.45. The van der Waals surface area contributed by atoms with Gasteiger partial charge in [-0.15, -0.1) is 0 Å². The fourth-order valence-corrected chi connectivity index (χ4v) is 1.98. The van der Waals surface area contributed by atoms with Crippen LogP contribution in [0.1, 0.15) is 15.9 Å². The molecule has 2 aromatic carbocycles. The molecule has 0 bridgehead atoms. The molecule has 0 aliphatic heterocycles. The number of ether oxygens (including phenoxy) is 1. The van der Waals surface area contributed by atoms with Gasteiger partial charge in [-0.2, -0.15) is 0 Å². The monoisotopic (exact) mass is 334 g/mol. The largest absolute Gasteiger partial charge is 0.504 e. The number of methoxy groups -OCH3 is 1. The van der Waals surface area contributed by atoms with E-state index in [9.17, 15) is 35.4 Å². The summed E-state index contributed by atoms with van der Waals surface area (Å²) in [5.41, 5.74) is -0.188. The minimum atomic E-state index is -0.752. The van der Waals surface area contributed by atoms with E-state index in [1.165, 1.54) is 7.11 Å². The Morgan fingerprint density at radius 3 is 2.00 bits per heavy atom. The van der Waals surface area contributed by atoms with E-state index in [0.29, 0.717) is 0 Å². The lowest BCUT2D eigenvalue weighted by Gasteiger charge is -2.09. The van der Waals surface area contributed by atoms with Gasteiger partial charge in [0.15, 0.2) is 34.5 Å². The van der Waals surface area contributed by atoms with Gasteiger partial charge in [0, 0.05) is 11.1 Å². The zero-order chi connectivity index (χ0) is 18.0. The van der Waals surface area contributed by atoms with Gasteiger partial charge in [0.2, 0.25) is 11.5 Å². The zero-order valence-corrected chi connectivity index (χ0v) is 12.4. The number of aromatic hydroxyl groups is 6. The maximum absolute atomic E-state index is 12.0. The third-order valence-electron chi connectivity index (χ3n) is 3.21. The van der Waals surface area contributed by atoms with E-state index in [0.717, 1.165) is 30.4 Å². The van der Waals surface area contributed by atoms with E-state index in [-0.39, 0.29) is 16.9 Å². The predicted molar refractivity (Wildman–Crippen MR) is 82.8 cm³/mol. The van der Waals surface area contributed by atoms with Crippen molar-refractivity contribution in [3.63, 3.8) is 0 Å². The first kappa shape index (κ1) is 16.8. The highest BCUT2D eigenvalue weighted by atomic mass is 16.5. The summed E-state index contributed by atoms with van der Waals surface area (Å²) in [5, 5.41) is 57.2. The molecule has 0 atom stereocenters. The number of allylic oxidation sites excluding steroid dienone is 1. The number of benzene rings is 2. The van der Waals surface area contributed by atoms with Crippen molar-refractivity contribution in [1.29, 1.82) is 0 Å². The van der Waals surface area contributed by atoms with Crippen molar-refractivity contribution in [3.8, 4) is 40.2 Å². The second kappa shape index (κ2) is 6.29. The summed E-state index contributed by atoms with van der Waals surface area (Å²) in [6, 6.07) is 2.97. The van der Waals surface area contributed by atoms with Gasteiger partial charge in [-0.1, -0.05) is 0 Å². The molecule has 2 rings (SSSR count). The van der Waals surface area contributed by atoms with Gasteiger partial charge >= 0.3 is 0 Å². The Kier molecular flexibility index (Phi) is 4.41. The molecule has 126 valence electrons. The van der Waals surface area contributed by atoms with Crippen molar-refractivity contribution in [3.05, 3.63) is 35.4 Å². The molecule has 0 radical (unpaired) electrons. The van der Waals surface area contributed by atoms with Gasteiger partial charge in [0.05, 0.1) is 7.11 Å². The van der Waals surface area contributed by atoms with Crippen molar-refractivity contribution in [2.75, 3.05) is 7.11 Å². The van der Waals surface area contributed by atoms with Gasteiger partial charge in [-0.05, 0) is 30.4 Å². The first-order chi connectivity index (χ1) is 11.3. The summed E-state index contributed by atoms with van der Waals surface area (Å²) >= 11 is 0. The third-order valence-corrected chi connectivity index (χ3v) is 3.21. The molecule has 24 heavy (non-hydrogen) atoms. The molecule has 6 N–H and O–H groups in total. The van der Waals surface area contributed by atoms with Crippen LogP contribution in [0.2, 0.25) is 0 Å². The van der Waals surface area contributed by atoms with Crippen molar-refractivity contribution in [2.45, 2.75) is 0 Å². The molecule has 0 fully saturated rings. The molecule has 0 heterocycles. The van der Waals surface area contributed by atoms with Gasteiger partial charge in [-0.25, -0.2) is 0 Å². The molecule has 2 aromatic rings. The summed E-state index contributed by atoms with van der Waals surface area (Å²) in [5.74, 6) is -4.82. The molecule has 0 spiro atoms. The number of hydrogen-bond acceptors (Lipinski definition) is 8. The molecule has 0 amide bonds.